The smallest absolute Gasteiger partial charge is 0.322 e. The van der Waals surface area contributed by atoms with Crippen molar-refractivity contribution in [3.63, 3.8) is 0 Å². The minimum absolute atomic E-state index is 0.256. The topological polar surface area (TPSA) is 54.0 Å². The Kier molecular flexibility index (Phi) is 5.91. The number of carbonyl (C=O) groups excluding carboxylic acids is 1. The van der Waals surface area contributed by atoms with E-state index in [0.29, 0.717) is 54.1 Å². The lowest BCUT2D eigenvalue weighted by Gasteiger charge is -2.36. The summed E-state index contributed by atoms with van der Waals surface area (Å²) >= 11 is 6.14. The van der Waals surface area contributed by atoms with Crippen LogP contribution < -0.4 is 19.7 Å². The van der Waals surface area contributed by atoms with Crippen LogP contribution in [0.3, 0.4) is 0 Å². The quantitative estimate of drug-likeness (QED) is 0.857. The first-order valence-electron chi connectivity index (χ1n) is 8.50. The molecule has 3 rings (SSSR count). The maximum absolute atomic E-state index is 13.9. The third-order valence-electron chi connectivity index (χ3n) is 4.48. The number of methoxy groups -OCH3 is 2. The van der Waals surface area contributed by atoms with Crippen molar-refractivity contribution in [2.75, 3.05) is 50.6 Å². The van der Waals surface area contributed by atoms with E-state index < -0.39 is 0 Å². The minimum Gasteiger partial charge on any atom is -0.495 e. The van der Waals surface area contributed by atoms with Crippen molar-refractivity contribution in [3.8, 4) is 11.5 Å². The average Bonchev–Trinajstić information content (AvgIpc) is 2.69. The van der Waals surface area contributed by atoms with Gasteiger partial charge in [0.2, 0.25) is 0 Å². The van der Waals surface area contributed by atoms with E-state index in [1.54, 1.807) is 35.2 Å². The lowest BCUT2D eigenvalue weighted by atomic mass is 10.2. The fraction of sp³-hybridized carbons (Fsp3) is 0.316. The number of hydrogen-bond acceptors (Lipinski definition) is 4. The Hall–Kier alpha value is -2.67. The highest BCUT2D eigenvalue weighted by Gasteiger charge is 2.23. The largest absolute Gasteiger partial charge is 0.495 e. The Labute approximate surface area is 162 Å². The molecule has 8 heteroatoms. The Morgan fingerprint density at radius 1 is 1.07 bits per heavy atom. The van der Waals surface area contributed by atoms with E-state index in [-0.39, 0.29) is 11.8 Å². The van der Waals surface area contributed by atoms with Crippen molar-refractivity contribution in [2.45, 2.75) is 0 Å². The molecule has 2 aromatic rings. The molecule has 1 aliphatic rings. The number of urea groups is 1. The maximum Gasteiger partial charge on any atom is 0.322 e. The Morgan fingerprint density at radius 2 is 1.74 bits per heavy atom. The molecular weight excluding hydrogens is 373 g/mol. The number of anilines is 2. The number of carbonyl (C=O) groups is 1. The summed E-state index contributed by atoms with van der Waals surface area (Å²) in [6, 6.07) is 9.60. The first-order valence-corrected chi connectivity index (χ1v) is 8.88. The van der Waals surface area contributed by atoms with Crippen molar-refractivity contribution in [1.29, 1.82) is 0 Å². The zero-order valence-corrected chi connectivity index (χ0v) is 15.9. The number of benzene rings is 2. The number of rotatable bonds is 4. The fourth-order valence-electron chi connectivity index (χ4n) is 3.01. The van der Waals surface area contributed by atoms with Gasteiger partial charge < -0.3 is 24.6 Å². The van der Waals surface area contributed by atoms with Crippen LogP contribution in [-0.4, -0.2) is 51.3 Å². The molecular formula is C19H21ClFN3O3. The molecule has 27 heavy (non-hydrogen) atoms. The number of piperazine rings is 1. The second-order valence-corrected chi connectivity index (χ2v) is 6.45. The van der Waals surface area contributed by atoms with Crippen LogP contribution in [0.5, 0.6) is 11.5 Å². The van der Waals surface area contributed by atoms with Crippen LogP contribution in [0.1, 0.15) is 0 Å². The lowest BCUT2D eigenvalue weighted by molar-refractivity contribution is 0.208. The van der Waals surface area contributed by atoms with E-state index >= 15 is 0 Å². The molecule has 0 bridgehead atoms. The number of hydrogen-bond donors (Lipinski definition) is 1. The van der Waals surface area contributed by atoms with Crippen molar-refractivity contribution >= 4 is 29.0 Å². The van der Waals surface area contributed by atoms with Crippen LogP contribution in [0, 0.1) is 5.82 Å². The van der Waals surface area contributed by atoms with Crippen LogP contribution in [0.2, 0.25) is 5.02 Å². The van der Waals surface area contributed by atoms with E-state index in [1.807, 2.05) is 4.90 Å². The maximum atomic E-state index is 13.9. The van der Waals surface area contributed by atoms with Gasteiger partial charge in [0.15, 0.2) is 0 Å². The van der Waals surface area contributed by atoms with Gasteiger partial charge in [-0.2, -0.15) is 0 Å². The van der Waals surface area contributed by atoms with Gasteiger partial charge in [-0.15, -0.1) is 0 Å². The summed E-state index contributed by atoms with van der Waals surface area (Å²) in [6.07, 6.45) is 0. The molecule has 2 amide bonds. The Bertz CT molecular complexity index is 826. The summed E-state index contributed by atoms with van der Waals surface area (Å²) in [5, 5.41) is 3.19. The Morgan fingerprint density at radius 3 is 2.37 bits per heavy atom. The van der Waals surface area contributed by atoms with Gasteiger partial charge in [-0.25, -0.2) is 9.18 Å². The monoisotopic (exact) mass is 393 g/mol. The molecule has 0 aromatic heterocycles. The van der Waals surface area contributed by atoms with Crippen molar-refractivity contribution in [1.82, 2.24) is 4.90 Å². The van der Waals surface area contributed by atoms with Crippen LogP contribution in [0.25, 0.3) is 0 Å². The van der Waals surface area contributed by atoms with Gasteiger partial charge in [-0.3, -0.25) is 0 Å². The van der Waals surface area contributed by atoms with Crippen LogP contribution in [0.4, 0.5) is 20.6 Å². The second kappa shape index (κ2) is 8.35. The highest BCUT2D eigenvalue weighted by Crippen LogP contribution is 2.36. The molecule has 2 aromatic carbocycles. The van der Waals surface area contributed by atoms with Gasteiger partial charge in [0.1, 0.15) is 17.3 Å². The van der Waals surface area contributed by atoms with E-state index in [9.17, 15) is 9.18 Å². The predicted molar refractivity (Wildman–Crippen MR) is 104 cm³/mol. The third-order valence-corrected chi connectivity index (χ3v) is 4.77. The number of amides is 2. The van der Waals surface area contributed by atoms with Gasteiger partial charge in [-0.1, -0.05) is 23.7 Å². The van der Waals surface area contributed by atoms with E-state index in [1.165, 1.54) is 20.3 Å². The third kappa shape index (κ3) is 4.19. The molecule has 1 fully saturated rings. The van der Waals surface area contributed by atoms with E-state index in [0.717, 1.165) is 0 Å². The molecule has 0 radical (unpaired) electrons. The number of nitrogens with zero attached hydrogens (tertiary/aromatic N) is 2. The van der Waals surface area contributed by atoms with Crippen molar-refractivity contribution < 1.29 is 18.7 Å². The molecule has 0 aliphatic carbocycles. The van der Waals surface area contributed by atoms with Gasteiger partial charge in [0.05, 0.1) is 30.6 Å². The fourth-order valence-corrected chi connectivity index (χ4v) is 3.25. The molecule has 6 nitrogen and oxygen atoms in total. The number of halogens is 2. The minimum atomic E-state index is -0.261. The molecule has 0 spiro atoms. The normalized spacial score (nSPS) is 14.1. The number of ether oxygens (including phenoxy) is 2. The molecule has 0 saturated carbocycles. The zero-order valence-electron chi connectivity index (χ0n) is 15.2. The molecule has 0 unspecified atom stereocenters. The van der Waals surface area contributed by atoms with Gasteiger partial charge >= 0.3 is 6.03 Å². The highest BCUT2D eigenvalue weighted by molar-refractivity contribution is 6.32. The second-order valence-electron chi connectivity index (χ2n) is 6.04. The summed E-state index contributed by atoms with van der Waals surface area (Å²) in [7, 11) is 3.01. The summed E-state index contributed by atoms with van der Waals surface area (Å²) < 4.78 is 24.4. The van der Waals surface area contributed by atoms with Crippen molar-refractivity contribution in [2.24, 2.45) is 0 Å². The lowest BCUT2D eigenvalue weighted by Crippen LogP contribution is -2.50. The molecule has 1 heterocycles. The molecule has 1 aliphatic heterocycles. The number of para-hydroxylation sites is 1. The van der Waals surface area contributed by atoms with Gasteiger partial charge in [0, 0.05) is 32.2 Å². The summed E-state index contributed by atoms with van der Waals surface area (Å²) in [5.74, 6) is 0.660. The van der Waals surface area contributed by atoms with Crippen LogP contribution >= 0.6 is 11.6 Å². The summed E-state index contributed by atoms with van der Waals surface area (Å²) in [5.41, 5.74) is 1.02. The van der Waals surface area contributed by atoms with Crippen LogP contribution in [-0.2, 0) is 0 Å². The average molecular weight is 394 g/mol. The first kappa shape index (κ1) is 19.1. The Balaban J connectivity index is 1.65. The molecule has 0 atom stereocenters. The summed E-state index contributed by atoms with van der Waals surface area (Å²) in [6.45, 7) is 2.06. The zero-order chi connectivity index (χ0) is 19.4. The van der Waals surface area contributed by atoms with Crippen LogP contribution in [0.15, 0.2) is 36.4 Å². The van der Waals surface area contributed by atoms with Gasteiger partial charge in [-0.05, 0) is 18.2 Å². The highest BCUT2D eigenvalue weighted by atomic mass is 35.5. The summed E-state index contributed by atoms with van der Waals surface area (Å²) in [4.78, 5) is 16.2. The first-order chi connectivity index (χ1) is 13.0. The predicted octanol–water partition coefficient (Wildman–Crippen LogP) is 3.85. The van der Waals surface area contributed by atoms with E-state index in [4.69, 9.17) is 21.1 Å². The molecule has 1 N–H and O–H groups in total. The van der Waals surface area contributed by atoms with Gasteiger partial charge in [0.25, 0.3) is 0 Å². The van der Waals surface area contributed by atoms with E-state index in [2.05, 4.69) is 5.32 Å². The SMILES string of the molecule is COc1cc(OC)c(NC(=O)N2CCN(c3ccccc3F)CC2)cc1Cl. The molecule has 144 valence electrons. The standard InChI is InChI=1S/C19H21ClFN3O3/c1-26-17-12-18(27-2)15(11-13(17)20)22-19(25)24-9-7-23(8-10-24)16-6-4-3-5-14(16)21/h3-6,11-12H,7-10H2,1-2H3,(H,22,25). The van der Waals surface area contributed by atoms with Crippen molar-refractivity contribution in [3.05, 3.63) is 47.2 Å². The molecule has 1 saturated heterocycles. The number of nitrogens with one attached hydrogen (secondary N) is 1.